The van der Waals surface area contributed by atoms with Crippen LogP contribution in [0.3, 0.4) is 0 Å². The number of nitrogens with zero attached hydrogens (tertiary/aromatic N) is 1. The summed E-state index contributed by atoms with van der Waals surface area (Å²) < 4.78 is 54.2. The average Bonchev–Trinajstić information content (AvgIpc) is 3.00. The van der Waals surface area contributed by atoms with E-state index in [1.165, 1.54) is 4.90 Å². The number of hydrogen-bond acceptors (Lipinski definition) is 3. The Morgan fingerprint density at radius 2 is 1.67 bits per heavy atom. The Bertz CT molecular complexity index is 1040. The Balaban J connectivity index is 1.51. The number of benzene rings is 2. The van der Waals surface area contributed by atoms with Crippen LogP contribution in [-0.4, -0.2) is 29.3 Å². The second-order valence-corrected chi connectivity index (χ2v) is 7.70. The molecule has 158 valence electrons. The summed E-state index contributed by atoms with van der Waals surface area (Å²) >= 11 is 0. The third kappa shape index (κ3) is 3.77. The van der Waals surface area contributed by atoms with Gasteiger partial charge in [-0.05, 0) is 47.7 Å². The number of carbonyl (C=O) groups is 2. The maximum atomic E-state index is 13.7. The molecule has 0 unspecified atom stereocenters. The number of rotatable bonds is 3. The van der Waals surface area contributed by atoms with Crippen molar-refractivity contribution in [3.63, 3.8) is 0 Å². The van der Waals surface area contributed by atoms with E-state index >= 15 is 0 Å². The van der Waals surface area contributed by atoms with Crippen LogP contribution in [-0.2, 0) is 22.6 Å². The highest BCUT2D eigenvalue weighted by molar-refractivity contribution is 5.96. The lowest BCUT2D eigenvalue weighted by Crippen LogP contribution is -2.40. The molecular weight excluding hydrogens is 402 g/mol. The van der Waals surface area contributed by atoms with Gasteiger partial charge in [-0.3, -0.25) is 9.59 Å². The van der Waals surface area contributed by atoms with Crippen molar-refractivity contribution >= 4 is 17.5 Å². The van der Waals surface area contributed by atoms with E-state index in [0.29, 0.717) is 24.0 Å². The first-order valence-electron chi connectivity index (χ1n) is 9.52. The molecule has 0 saturated carbocycles. The number of amides is 2. The second kappa shape index (κ2) is 7.71. The molecule has 9 heteroatoms. The normalized spacial score (nSPS) is 19.0. The minimum absolute atomic E-state index is 0.0854. The van der Waals surface area contributed by atoms with Gasteiger partial charge >= 0.3 is 0 Å². The Hall–Kier alpha value is -2.94. The molecule has 2 amide bonds. The summed E-state index contributed by atoms with van der Waals surface area (Å²) in [4.78, 5) is 26.1. The monoisotopic (exact) mass is 421 g/mol. The lowest BCUT2D eigenvalue weighted by Gasteiger charge is -2.25. The summed E-state index contributed by atoms with van der Waals surface area (Å²) in [5.41, 5.74) is 7.87. The van der Waals surface area contributed by atoms with Crippen LogP contribution in [0.5, 0.6) is 0 Å². The van der Waals surface area contributed by atoms with Crippen molar-refractivity contribution in [2.45, 2.75) is 37.8 Å². The molecule has 2 atom stereocenters. The van der Waals surface area contributed by atoms with Crippen molar-refractivity contribution < 1.29 is 27.2 Å². The minimum Gasteiger partial charge on any atom is -0.329 e. The summed E-state index contributed by atoms with van der Waals surface area (Å²) in [7, 11) is 0. The van der Waals surface area contributed by atoms with Crippen LogP contribution in [0.25, 0.3) is 0 Å². The third-order valence-corrected chi connectivity index (χ3v) is 5.70. The van der Waals surface area contributed by atoms with Crippen LogP contribution in [0.15, 0.2) is 24.3 Å². The van der Waals surface area contributed by atoms with Crippen molar-refractivity contribution in [2.24, 2.45) is 5.73 Å². The second-order valence-electron chi connectivity index (χ2n) is 7.70. The van der Waals surface area contributed by atoms with Crippen molar-refractivity contribution in [2.75, 3.05) is 11.9 Å². The summed E-state index contributed by atoms with van der Waals surface area (Å²) in [6.07, 6.45) is 0.958. The topological polar surface area (TPSA) is 75.4 Å². The van der Waals surface area contributed by atoms with E-state index in [0.717, 1.165) is 24.3 Å². The molecule has 2 aromatic rings. The number of nitrogens with two attached hydrogens (primary N) is 1. The van der Waals surface area contributed by atoms with Gasteiger partial charge in [0, 0.05) is 36.7 Å². The first-order valence-corrected chi connectivity index (χ1v) is 9.52. The average molecular weight is 421 g/mol. The molecule has 0 radical (unpaired) electrons. The zero-order valence-corrected chi connectivity index (χ0v) is 15.9. The highest BCUT2D eigenvalue weighted by Crippen LogP contribution is 2.37. The molecule has 2 aromatic carbocycles. The van der Waals surface area contributed by atoms with Gasteiger partial charge in [0.25, 0.3) is 0 Å². The molecule has 1 heterocycles. The largest absolute Gasteiger partial charge is 0.329 e. The van der Waals surface area contributed by atoms with Crippen LogP contribution in [0.2, 0.25) is 0 Å². The van der Waals surface area contributed by atoms with E-state index in [9.17, 15) is 27.2 Å². The van der Waals surface area contributed by atoms with Crippen molar-refractivity contribution in [3.8, 4) is 0 Å². The highest BCUT2D eigenvalue weighted by Gasteiger charge is 2.32. The van der Waals surface area contributed by atoms with Crippen LogP contribution in [0, 0.1) is 23.3 Å². The number of anilines is 1. The van der Waals surface area contributed by atoms with Crippen LogP contribution in [0.4, 0.5) is 23.2 Å². The zero-order chi connectivity index (χ0) is 21.6. The van der Waals surface area contributed by atoms with Gasteiger partial charge in [0.15, 0.2) is 23.3 Å². The number of halogens is 4. The van der Waals surface area contributed by atoms with Gasteiger partial charge in [-0.2, -0.15) is 0 Å². The third-order valence-electron chi connectivity index (χ3n) is 5.70. The Kier molecular flexibility index (Phi) is 5.23. The quantitative estimate of drug-likeness (QED) is 0.749. The molecule has 1 aliphatic heterocycles. The predicted octanol–water partition coefficient (Wildman–Crippen LogP) is 2.97. The Labute approximate surface area is 169 Å². The fourth-order valence-electron chi connectivity index (χ4n) is 4.19. The summed E-state index contributed by atoms with van der Waals surface area (Å²) in [5.74, 6) is -5.35. The molecule has 0 saturated heterocycles. The Morgan fingerprint density at radius 3 is 2.40 bits per heavy atom. The molecule has 0 fully saturated rings. The van der Waals surface area contributed by atoms with Gasteiger partial charge in [-0.25, -0.2) is 17.6 Å². The number of hydrogen-bond donors (Lipinski definition) is 2. The zero-order valence-electron chi connectivity index (χ0n) is 15.9. The van der Waals surface area contributed by atoms with Gasteiger partial charge in [0.2, 0.25) is 11.8 Å². The molecule has 30 heavy (non-hydrogen) atoms. The molecule has 4 rings (SSSR count). The van der Waals surface area contributed by atoms with Gasteiger partial charge < -0.3 is 16.0 Å². The van der Waals surface area contributed by atoms with E-state index in [4.69, 9.17) is 5.73 Å². The SMILES string of the molecule is N[C@@H](CC(=O)N1CC(=O)Nc2cc(F)c(F)cc2C1)[C@H]1CCc2cc(F)c(F)cc21. The first kappa shape index (κ1) is 20.3. The van der Waals surface area contributed by atoms with Gasteiger partial charge in [-0.1, -0.05) is 0 Å². The van der Waals surface area contributed by atoms with Crippen molar-refractivity contribution in [3.05, 3.63) is 64.2 Å². The van der Waals surface area contributed by atoms with E-state index in [-0.39, 0.29) is 36.7 Å². The molecule has 5 nitrogen and oxygen atoms in total. The van der Waals surface area contributed by atoms with E-state index in [1.54, 1.807) is 0 Å². The smallest absolute Gasteiger partial charge is 0.244 e. The van der Waals surface area contributed by atoms with E-state index < -0.39 is 41.1 Å². The Morgan fingerprint density at radius 1 is 1.03 bits per heavy atom. The first-order chi connectivity index (χ1) is 14.2. The molecule has 0 spiro atoms. The fourth-order valence-corrected chi connectivity index (χ4v) is 4.19. The summed E-state index contributed by atoms with van der Waals surface area (Å²) in [6.45, 7) is -0.373. The molecule has 0 aromatic heterocycles. The molecular formula is C21H19F4N3O2. The maximum Gasteiger partial charge on any atom is 0.244 e. The van der Waals surface area contributed by atoms with E-state index in [1.807, 2.05) is 0 Å². The fraction of sp³-hybridized carbons (Fsp3) is 0.333. The number of carbonyl (C=O) groups excluding carboxylic acids is 2. The summed E-state index contributed by atoms with van der Waals surface area (Å²) in [5, 5.41) is 2.46. The van der Waals surface area contributed by atoms with Crippen LogP contribution < -0.4 is 11.1 Å². The maximum absolute atomic E-state index is 13.7. The van der Waals surface area contributed by atoms with Gasteiger partial charge in [-0.15, -0.1) is 0 Å². The minimum atomic E-state index is -1.10. The molecule has 1 aliphatic carbocycles. The van der Waals surface area contributed by atoms with Crippen molar-refractivity contribution in [1.29, 1.82) is 0 Å². The molecule has 2 aliphatic rings. The molecule has 3 N–H and O–H groups in total. The number of fused-ring (bicyclic) bond motifs is 2. The lowest BCUT2D eigenvalue weighted by atomic mass is 9.91. The highest BCUT2D eigenvalue weighted by atomic mass is 19.2. The standard InChI is InChI=1S/C21H19F4N3O2/c22-14-3-10-1-2-12(13(10)5-16(14)24)18(26)7-21(30)28-8-11-4-15(23)17(25)6-19(11)27-20(29)9-28/h3-6,12,18H,1-2,7-9,26H2,(H,27,29)/t12-,18-/m0/s1. The molecule has 0 bridgehead atoms. The number of aryl methyl sites for hydroxylation is 1. The van der Waals surface area contributed by atoms with Crippen molar-refractivity contribution in [1.82, 2.24) is 4.90 Å². The lowest BCUT2D eigenvalue weighted by molar-refractivity contribution is -0.135. The van der Waals surface area contributed by atoms with Crippen LogP contribution >= 0.6 is 0 Å². The van der Waals surface area contributed by atoms with Crippen LogP contribution in [0.1, 0.15) is 35.4 Å². The predicted molar refractivity (Wildman–Crippen MR) is 100 cm³/mol. The van der Waals surface area contributed by atoms with E-state index in [2.05, 4.69) is 5.32 Å². The summed E-state index contributed by atoms with van der Waals surface area (Å²) in [6, 6.07) is 3.44. The van der Waals surface area contributed by atoms with Gasteiger partial charge in [0.1, 0.15) is 6.54 Å². The van der Waals surface area contributed by atoms with Gasteiger partial charge in [0.05, 0.1) is 0 Å². The number of nitrogens with one attached hydrogen (secondary N) is 1.